The van der Waals surface area contributed by atoms with Gasteiger partial charge in [0.05, 0.1) is 17.1 Å². The predicted octanol–water partition coefficient (Wildman–Crippen LogP) is 5.02. The zero-order valence-electron chi connectivity index (χ0n) is 16.5. The van der Waals surface area contributed by atoms with Gasteiger partial charge in [0.15, 0.2) is 0 Å². The van der Waals surface area contributed by atoms with Gasteiger partial charge in [0.25, 0.3) is 6.43 Å². The minimum Gasteiger partial charge on any atom is -0.398 e. The van der Waals surface area contributed by atoms with E-state index in [1.807, 2.05) is 0 Å². The van der Waals surface area contributed by atoms with Gasteiger partial charge in [-0.3, -0.25) is 0 Å². The van der Waals surface area contributed by atoms with E-state index >= 15 is 0 Å². The van der Waals surface area contributed by atoms with Crippen LogP contribution in [0, 0.1) is 12.7 Å². The lowest BCUT2D eigenvalue weighted by atomic mass is 10.0. The van der Waals surface area contributed by atoms with Gasteiger partial charge < -0.3 is 15.6 Å². The number of aryl methyl sites for hydroxylation is 1. The smallest absolute Gasteiger partial charge is 0.266 e. The largest absolute Gasteiger partial charge is 0.398 e. The molecule has 154 valence electrons. The fraction of sp³-hybridized carbons (Fsp3) is 0.300. The highest BCUT2D eigenvalue weighted by atomic mass is 31.2. The molecule has 2 aromatic carbocycles. The number of anilines is 2. The van der Waals surface area contributed by atoms with Crippen molar-refractivity contribution in [1.82, 2.24) is 9.97 Å². The first-order chi connectivity index (χ1) is 13.5. The molecular formula is C20H22F3N4OP. The van der Waals surface area contributed by atoms with Crippen molar-refractivity contribution in [3.8, 4) is 0 Å². The fourth-order valence-electron chi connectivity index (χ4n) is 3.23. The maximum absolute atomic E-state index is 14.5. The molecule has 1 unspecified atom stereocenters. The van der Waals surface area contributed by atoms with Crippen LogP contribution in [0.25, 0.3) is 10.9 Å². The lowest BCUT2D eigenvalue weighted by Gasteiger charge is -2.19. The Bertz CT molecular complexity index is 1130. The third-order valence-electron chi connectivity index (χ3n) is 4.65. The van der Waals surface area contributed by atoms with Gasteiger partial charge in [-0.2, -0.15) is 0 Å². The van der Waals surface area contributed by atoms with Crippen molar-refractivity contribution >= 4 is 34.9 Å². The summed E-state index contributed by atoms with van der Waals surface area (Å²) in [4.78, 5) is 8.74. The monoisotopic (exact) mass is 422 g/mol. The van der Waals surface area contributed by atoms with Gasteiger partial charge in [-0.05, 0) is 39.3 Å². The summed E-state index contributed by atoms with van der Waals surface area (Å²) in [7, 11) is -2.66. The molecule has 29 heavy (non-hydrogen) atoms. The maximum atomic E-state index is 14.5. The molecule has 0 radical (unpaired) electrons. The number of fused-ring (bicyclic) bond motifs is 1. The number of alkyl halides is 2. The van der Waals surface area contributed by atoms with Crippen molar-refractivity contribution in [3.63, 3.8) is 0 Å². The highest BCUT2D eigenvalue weighted by Crippen LogP contribution is 2.39. The van der Waals surface area contributed by atoms with Crippen LogP contribution in [0.2, 0.25) is 0 Å². The van der Waals surface area contributed by atoms with Crippen molar-refractivity contribution in [3.05, 3.63) is 53.1 Å². The van der Waals surface area contributed by atoms with E-state index in [2.05, 4.69) is 15.3 Å². The van der Waals surface area contributed by atoms with E-state index in [9.17, 15) is 17.7 Å². The molecule has 0 aliphatic rings. The number of benzene rings is 2. The molecule has 1 heterocycles. The van der Waals surface area contributed by atoms with Gasteiger partial charge >= 0.3 is 0 Å². The molecule has 0 saturated heterocycles. The maximum Gasteiger partial charge on any atom is 0.266 e. The van der Waals surface area contributed by atoms with Gasteiger partial charge in [0.1, 0.15) is 24.6 Å². The Hall–Kier alpha value is -2.60. The van der Waals surface area contributed by atoms with Gasteiger partial charge in [-0.15, -0.1) is 0 Å². The number of nitrogens with two attached hydrogens (primary N) is 1. The summed E-state index contributed by atoms with van der Waals surface area (Å²) in [5.41, 5.74) is 6.43. The van der Waals surface area contributed by atoms with E-state index in [-0.39, 0.29) is 5.56 Å². The number of hydrogen-bond donors (Lipinski definition) is 2. The Morgan fingerprint density at radius 1 is 1.14 bits per heavy atom. The van der Waals surface area contributed by atoms with E-state index in [1.165, 1.54) is 12.1 Å². The minimum atomic E-state index is -2.90. The zero-order chi connectivity index (χ0) is 21.5. The second-order valence-corrected chi connectivity index (χ2v) is 10.5. The normalized spacial score (nSPS) is 13.1. The van der Waals surface area contributed by atoms with E-state index in [4.69, 9.17) is 5.73 Å². The molecule has 0 aliphatic heterocycles. The quantitative estimate of drug-likeness (QED) is 0.446. The van der Waals surface area contributed by atoms with Crippen LogP contribution in [-0.2, 0) is 4.57 Å². The minimum absolute atomic E-state index is 0.0968. The Kier molecular flexibility index (Phi) is 5.59. The first-order valence-corrected chi connectivity index (χ1v) is 11.6. The summed E-state index contributed by atoms with van der Waals surface area (Å²) < 4.78 is 53.2. The molecule has 0 saturated carbocycles. The van der Waals surface area contributed by atoms with Crippen molar-refractivity contribution in [2.24, 2.45) is 0 Å². The molecule has 0 aliphatic carbocycles. The van der Waals surface area contributed by atoms with Gasteiger partial charge in [0.2, 0.25) is 0 Å². The SMILES string of the molecule is Cc1nc(NC(C)c2cccc(C(F)F)c2F)c2cc(P(C)(C)=O)c(N)cc2n1. The average molecular weight is 422 g/mol. The Balaban J connectivity index is 2.10. The Morgan fingerprint density at radius 3 is 2.41 bits per heavy atom. The van der Waals surface area contributed by atoms with Crippen molar-refractivity contribution in [1.29, 1.82) is 0 Å². The molecule has 0 fully saturated rings. The number of halogens is 3. The van der Waals surface area contributed by atoms with Crippen molar-refractivity contribution in [2.75, 3.05) is 24.4 Å². The molecular weight excluding hydrogens is 400 g/mol. The lowest BCUT2D eigenvalue weighted by molar-refractivity contribution is 0.146. The molecule has 0 amide bonds. The van der Waals surface area contributed by atoms with Crippen LogP contribution in [-0.4, -0.2) is 23.3 Å². The fourth-order valence-corrected chi connectivity index (χ4v) is 4.35. The first-order valence-electron chi connectivity index (χ1n) is 8.95. The van der Waals surface area contributed by atoms with Gasteiger partial charge in [0, 0.05) is 21.9 Å². The topological polar surface area (TPSA) is 80.9 Å². The van der Waals surface area contributed by atoms with E-state index in [0.29, 0.717) is 33.5 Å². The highest BCUT2D eigenvalue weighted by molar-refractivity contribution is 7.70. The third kappa shape index (κ3) is 4.22. The standard InChI is InChI=1S/C20H22F3N4OP/c1-10(12-6-5-7-13(18(12)21)19(22)23)25-20-14-8-17(29(3,4)28)15(24)9-16(14)26-11(2)27-20/h5-10,19H,24H2,1-4H3,(H,25,26,27). The Morgan fingerprint density at radius 2 is 1.79 bits per heavy atom. The van der Waals surface area contributed by atoms with E-state index in [1.54, 1.807) is 39.3 Å². The van der Waals surface area contributed by atoms with Crippen LogP contribution in [0.15, 0.2) is 30.3 Å². The van der Waals surface area contributed by atoms with Crippen LogP contribution in [0.1, 0.15) is 36.3 Å². The van der Waals surface area contributed by atoms with E-state index < -0.39 is 31.0 Å². The predicted molar refractivity (Wildman–Crippen MR) is 111 cm³/mol. The molecule has 0 spiro atoms. The second-order valence-electron chi connectivity index (χ2n) is 7.32. The van der Waals surface area contributed by atoms with Crippen LogP contribution in [0.3, 0.4) is 0 Å². The number of nitrogens with one attached hydrogen (secondary N) is 1. The second kappa shape index (κ2) is 7.67. The molecule has 0 bridgehead atoms. The summed E-state index contributed by atoms with van der Waals surface area (Å²) in [6.45, 7) is 6.57. The molecule has 5 nitrogen and oxygen atoms in total. The molecule has 3 aromatic rings. The highest BCUT2D eigenvalue weighted by Gasteiger charge is 2.22. The van der Waals surface area contributed by atoms with Crippen molar-refractivity contribution in [2.45, 2.75) is 26.3 Å². The summed E-state index contributed by atoms with van der Waals surface area (Å²) in [6.07, 6.45) is -2.90. The summed E-state index contributed by atoms with van der Waals surface area (Å²) in [6, 6.07) is 6.56. The third-order valence-corrected chi connectivity index (χ3v) is 6.20. The molecule has 3 rings (SSSR count). The molecule has 9 heteroatoms. The van der Waals surface area contributed by atoms with Crippen LogP contribution >= 0.6 is 7.14 Å². The average Bonchev–Trinajstić information content (AvgIpc) is 2.59. The number of nitrogens with zero attached hydrogens (tertiary/aromatic N) is 2. The number of rotatable bonds is 5. The number of nitrogen functional groups attached to an aromatic ring is 1. The molecule has 1 aromatic heterocycles. The van der Waals surface area contributed by atoms with Crippen LogP contribution in [0.5, 0.6) is 0 Å². The summed E-state index contributed by atoms with van der Waals surface area (Å²) in [5, 5.41) is 4.15. The van der Waals surface area contributed by atoms with Crippen molar-refractivity contribution < 1.29 is 17.7 Å². The molecule has 1 atom stereocenters. The van der Waals surface area contributed by atoms with Gasteiger partial charge in [-0.25, -0.2) is 23.1 Å². The van der Waals surface area contributed by atoms with Crippen LogP contribution in [0.4, 0.5) is 24.7 Å². The summed E-state index contributed by atoms with van der Waals surface area (Å²) in [5.74, 6) is -0.108. The summed E-state index contributed by atoms with van der Waals surface area (Å²) >= 11 is 0. The number of aromatic nitrogens is 2. The zero-order valence-corrected chi connectivity index (χ0v) is 17.4. The number of hydrogen-bond acceptors (Lipinski definition) is 5. The van der Waals surface area contributed by atoms with Gasteiger partial charge in [-0.1, -0.05) is 18.2 Å². The first kappa shape index (κ1) is 21.1. The molecule has 3 N–H and O–H groups in total. The Labute approximate surface area is 166 Å². The lowest BCUT2D eigenvalue weighted by Crippen LogP contribution is -2.14. The van der Waals surface area contributed by atoms with E-state index in [0.717, 1.165) is 6.07 Å². The van der Waals surface area contributed by atoms with Crippen LogP contribution < -0.4 is 16.4 Å².